The van der Waals surface area contributed by atoms with Crippen LogP contribution in [-0.2, 0) is 9.53 Å². The number of benzene rings is 1. The predicted molar refractivity (Wildman–Crippen MR) is 94.0 cm³/mol. The van der Waals surface area contributed by atoms with Crippen molar-refractivity contribution in [3.8, 4) is 0 Å². The van der Waals surface area contributed by atoms with Gasteiger partial charge in [-0.1, -0.05) is 46.9 Å². The first-order valence-corrected chi connectivity index (χ1v) is 8.01. The van der Waals surface area contributed by atoms with Crippen molar-refractivity contribution in [2.45, 2.75) is 20.0 Å². The molecule has 0 aliphatic heterocycles. The standard InChI is InChI=1S/C16H13Cl3N2O3/c1-8-4-3-5-10(6-8)21-15(22)9(2)24-16(23)14-13(19)12(18)11(17)7-20-14/h3-7,9H,1-2H3,(H,21,22)/t9-/m1/s1. The quantitative estimate of drug-likeness (QED) is 0.782. The van der Waals surface area contributed by atoms with E-state index in [1.807, 2.05) is 13.0 Å². The number of aromatic nitrogens is 1. The van der Waals surface area contributed by atoms with Gasteiger partial charge in [-0.05, 0) is 31.5 Å². The molecule has 2 aromatic rings. The first-order valence-electron chi connectivity index (χ1n) is 6.87. The zero-order valence-corrected chi connectivity index (χ0v) is 15.0. The van der Waals surface area contributed by atoms with Crippen LogP contribution < -0.4 is 5.32 Å². The van der Waals surface area contributed by atoms with Crippen molar-refractivity contribution >= 4 is 52.4 Å². The summed E-state index contributed by atoms with van der Waals surface area (Å²) in [6, 6.07) is 7.23. The zero-order valence-electron chi connectivity index (χ0n) is 12.8. The number of amides is 1. The van der Waals surface area contributed by atoms with Crippen molar-refractivity contribution in [3.63, 3.8) is 0 Å². The number of nitrogens with zero attached hydrogens (tertiary/aromatic N) is 1. The topological polar surface area (TPSA) is 68.3 Å². The summed E-state index contributed by atoms with van der Waals surface area (Å²) in [5, 5.41) is 2.64. The Hall–Kier alpha value is -1.82. The van der Waals surface area contributed by atoms with Gasteiger partial charge in [0.05, 0.1) is 15.1 Å². The Morgan fingerprint density at radius 1 is 1.21 bits per heavy atom. The number of anilines is 1. The van der Waals surface area contributed by atoms with Crippen LogP contribution in [0.4, 0.5) is 5.69 Å². The number of pyridine rings is 1. The van der Waals surface area contributed by atoms with Crippen LogP contribution in [0.25, 0.3) is 0 Å². The highest BCUT2D eigenvalue weighted by Gasteiger charge is 2.23. The van der Waals surface area contributed by atoms with Crippen LogP contribution in [0.2, 0.25) is 15.1 Å². The van der Waals surface area contributed by atoms with Crippen molar-refractivity contribution in [1.82, 2.24) is 4.98 Å². The van der Waals surface area contributed by atoms with Gasteiger partial charge in [-0.2, -0.15) is 0 Å². The first-order chi connectivity index (χ1) is 11.3. The van der Waals surface area contributed by atoms with Gasteiger partial charge in [-0.25, -0.2) is 9.78 Å². The molecule has 1 aromatic carbocycles. The summed E-state index contributed by atoms with van der Waals surface area (Å²) in [6.07, 6.45) is 0.134. The number of carbonyl (C=O) groups is 2. The van der Waals surface area contributed by atoms with Crippen molar-refractivity contribution in [2.24, 2.45) is 0 Å². The van der Waals surface area contributed by atoms with E-state index in [-0.39, 0.29) is 20.8 Å². The van der Waals surface area contributed by atoms with E-state index < -0.39 is 18.0 Å². The smallest absolute Gasteiger partial charge is 0.359 e. The van der Waals surface area contributed by atoms with Crippen molar-refractivity contribution < 1.29 is 14.3 Å². The van der Waals surface area contributed by atoms with Crippen LogP contribution in [0.5, 0.6) is 0 Å². The zero-order chi connectivity index (χ0) is 17.9. The molecule has 5 nitrogen and oxygen atoms in total. The van der Waals surface area contributed by atoms with Gasteiger partial charge in [0.1, 0.15) is 0 Å². The highest BCUT2D eigenvalue weighted by molar-refractivity contribution is 6.48. The lowest BCUT2D eigenvalue weighted by Gasteiger charge is -2.14. The Kier molecular flexibility index (Phi) is 6.04. The number of esters is 1. The second kappa shape index (κ2) is 7.83. The molecule has 0 fully saturated rings. The molecule has 0 aliphatic carbocycles. The minimum Gasteiger partial charge on any atom is -0.448 e. The minimum absolute atomic E-state index is 0.00264. The fraction of sp³-hybridized carbons (Fsp3) is 0.188. The molecule has 0 radical (unpaired) electrons. The average Bonchev–Trinajstić information content (AvgIpc) is 2.52. The second-order valence-corrected chi connectivity index (χ2v) is 6.15. The Morgan fingerprint density at radius 3 is 2.58 bits per heavy atom. The fourth-order valence-electron chi connectivity index (χ4n) is 1.82. The van der Waals surface area contributed by atoms with Crippen LogP contribution in [0.3, 0.4) is 0 Å². The highest BCUT2D eigenvalue weighted by Crippen LogP contribution is 2.31. The maximum absolute atomic E-state index is 12.1. The summed E-state index contributed by atoms with van der Waals surface area (Å²) >= 11 is 17.5. The third-order valence-corrected chi connectivity index (χ3v) is 4.29. The molecule has 1 amide bonds. The van der Waals surface area contributed by atoms with E-state index >= 15 is 0 Å². The number of ether oxygens (including phenoxy) is 1. The molecule has 1 aromatic heterocycles. The third kappa shape index (κ3) is 4.38. The Bertz CT molecular complexity index is 796. The molecular formula is C16H13Cl3N2O3. The molecule has 0 spiro atoms. The van der Waals surface area contributed by atoms with Crippen molar-refractivity contribution in [2.75, 3.05) is 5.32 Å². The van der Waals surface area contributed by atoms with Crippen molar-refractivity contribution in [3.05, 3.63) is 56.8 Å². The minimum atomic E-state index is -1.05. The molecule has 2 rings (SSSR count). The maximum atomic E-state index is 12.1. The molecule has 0 unspecified atom stereocenters. The van der Waals surface area contributed by atoms with Gasteiger partial charge in [0, 0.05) is 11.9 Å². The van der Waals surface area contributed by atoms with E-state index in [0.29, 0.717) is 5.69 Å². The second-order valence-electron chi connectivity index (χ2n) is 4.99. The number of carbonyl (C=O) groups excluding carboxylic acids is 2. The van der Waals surface area contributed by atoms with Crippen LogP contribution in [-0.4, -0.2) is 23.0 Å². The van der Waals surface area contributed by atoms with E-state index in [9.17, 15) is 9.59 Å². The SMILES string of the molecule is Cc1cccc(NC(=O)[C@@H](C)OC(=O)c2ncc(Cl)c(Cl)c2Cl)c1. The van der Waals surface area contributed by atoms with E-state index in [2.05, 4.69) is 10.3 Å². The monoisotopic (exact) mass is 386 g/mol. The molecule has 126 valence electrons. The van der Waals surface area contributed by atoms with Gasteiger partial charge < -0.3 is 10.1 Å². The first kappa shape index (κ1) is 18.5. The molecule has 8 heteroatoms. The lowest BCUT2D eigenvalue weighted by atomic mass is 10.2. The molecule has 0 saturated heterocycles. The number of hydrogen-bond donors (Lipinski definition) is 1. The van der Waals surface area contributed by atoms with Gasteiger partial charge in [0.2, 0.25) is 0 Å². The fourth-order valence-corrected chi connectivity index (χ4v) is 2.38. The largest absolute Gasteiger partial charge is 0.448 e. The molecule has 1 atom stereocenters. The van der Waals surface area contributed by atoms with E-state index in [1.54, 1.807) is 18.2 Å². The molecular weight excluding hydrogens is 375 g/mol. The summed E-state index contributed by atoms with van der Waals surface area (Å²) in [5.74, 6) is -1.35. The number of rotatable bonds is 4. The lowest BCUT2D eigenvalue weighted by molar-refractivity contribution is -0.123. The molecule has 0 aliphatic rings. The summed E-state index contributed by atoms with van der Waals surface area (Å²) in [6.45, 7) is 3.34. The van der Waals surface area contributed by atoms with E-state index in [1.165, 1.54) is 13.1 Å². The van der Waals surface area contributed by atoms with Gasteiger partial charge in [-0.3, -0.25) is 4.79 Å². The van der Waals surface area contributed by atoms with Crippen molar-refractivity contribution in [1.29, 1.82) is 0 Å². The number of halogens is 3. The van der Waals surface area contributed by atoms with Crippen LogP contribution in [0.15, 0.2) is 30.5 Å². The van der Waals surface area contributed by atoms with Gasteiger partial charge in [0.15, 0.2) is 11.8 Å². The third-order valence-electron chi connectivity index (χ3n) is 3.05. The summed E-state index contributed by atoms with van der Waals surface area (Å²) in [7, 11) is 0. The number of hydrogen-bond acceptors (Lipinski definition) is 4. The van der Waals surface area contributed by atoms with Crippen LogP contribution >= 0.6 is 34.8 Å². The van der Waals surface area contributed by atoms with E-state index in [4.69, 9.17) is 39.5 Å². The number of nitrogens with one attached hydrogen (secondary N) is 1. The Labute approximate surface area is 153 Å². The maximum Gasteiger partial charge on any atom is 0.359 e. The highest BCUT2D eigenvalue weighted by atomic mass is 35.5. The van der Waals surface area contributed by atoms with E-state index in [0.717, 1.165) is 5.56 Å². The summed E-state index contributed by atoms with van der Waals surface area (Å²) in [5.41, 5.74) is 1.39. The normalized spacial score (nSPS) is 11.7. The van der Waals surface area contributed by atoms with Gasteiger partial charge in [-0.15, -0.1) is 0 Å². The summed E-state index contributed by atoms with van der Waals surface area (Å²) < 4.78 is 5.08. The molecule has 24 heavy (non-hydrogen) atoms. The van der Waals surface area contributed by atoms with Gasteiger partial charge >= 0.3 is 5.97 Å². The molecule has 1 N–H and O–H groups in total. The number of aryl methyl sites for hydroxylation is 1. The lowest BCUT2D eigenvalue weighted by Crippen LogP contribution is -2.30. The molecule has 1 heterocycles. The summed E-state index contributed by atoms with van der Waals surface area (Å²) in [4.78, 5) is 28.0. The Morgan fingerprint density at radius 2 is 1.92 bits per heavy atom. The predicted octanol–water partition coefficient (Wildman–Crippen LogP) is 4.53. The Balaban J connectivity index is 2.06. The molecule has 0 saturated carbocycles. The van der Waals surface area contributed by atoms with Crippen LogP contribution in [0.1, 0.15) is 23.0 Å². The average molecular weight is 388 g/mol. The van der Waals surface area contributed by atoms with Crippen LogP contribution in [0, 0.1) is 6.92 Å². The molecule has 0 bridgehead atoms. The van der Waals surface area contributed by atoms with Gasteiger partial charge in [0.25, 0.3) is 5.91 Å².